The van der Waals surface area contributed by atoms with Gasteiger partial charge in [0.15, 0.2) is 0 Å². The molecule has 10 nitrogen and oxygen atoms in total. The first-order chi connectivity index (χ1) is 13.3. The molecule has 0 amide bonds. The highest BCUT2D eigenvalue weighted by Gasteiger charge is 2.24. The van der Waals surface area contributed by atoms with E-state index in [9.17, 15) is 18.5 Å². The highest BCUT2D eigenvalue weighted by molar-refractivity contribution is 7.89. The highest BCUT2D eigenvalue weighted by Crippen LogP contribution is 2.31. The topological polar surface area (TPSA) is 130 Å². The number of hydrogen-bond acceptors (Lipinski definition) is 8. The van der Waals surface area contributed by atoms with Crippen LogP contribution in [0.3, 0.4) is 0 Å². The molecule has 0 aliphatic rings. The van der Waals surface area contributed by atoms with Crippen molar-refractivity contribution in [2.45, 2.75) is 32.1 Å². The molecule has 2 N–H and O–H groups in total. The van der Waals surface area contributed by atoms with Crippen LogP contribution in [0.1, 0.15) is 27.2 Å². The Hall–Kier alpha value is -2.79. The van der Waals surface area contributed by atoms with E-state index in [1.807, 2.05) is 6.92 Å². The maximum absolute atomic E-state index is 12.5. The Kier molecular flexibility index (Phi) is 7.24. The third-order valence-electron chi connectivity index (χ3n) is 4.01. The third kappa shape index (κ3) is 4.73. The van der Waals surface area contributed by atoms with Crippen LogP contribution in [-0.4, -0.2) is 47.2 Å². The smallest absolute Gasteiger partial charge is 0.353 e. The minimum absolute atomic E-state index is 0.0259. The molecule has 0 fully saturated rings. The second-order valence-corrected chi connectivity index (χ2v) is 7.78. The van der Waals surface area contributed by atoms with Crippen molar-refractivity contribution in [2.24, 2.45) is 0 Å². The van der Waals surface area contributed by atoms with Gasteiger partial charge in [-0.25, -0.2) is 18.4 Å². The van der Waals surface area contributed by atoms with Crippen LogP contribution >= 0.6 is 0 Å². The molecule has 28 heavy (non-hydrogen) atoms. The summed E-state index contributed by atoms with van der Waals surface area (Å²) in [5.41, 5.74) is 0.206. The third-order valence-corrected chi connectivity index (χ3v) is 6.07. The molecule has 1 aromatic carbocycles. The monoisotopic (exact) mass is 408 g/mol. The van der Waals surface area contributed by atoms with Crippen LogP contribution < -0.4 is 10.6 Å². The fourth-order valence-corrected chi connectivity index (χ4v) is 4.03. The maximum Gasteiger partial charge on any atom is 0.353 e. The second-order valence-electron chi connectivity index (χ2n) is 5.84. The summed E-state index contributed by atoms with van der Waals surface area (Å²) in [5.74, 6) is 0.156. The van der Waals surface area contributed by atoms with Crippen molar-refractivity contribution in [3.8, 4) is 0 Å². The number of rotatable bonds is 10. The van der Waals surface area contributed by atoms with Crippen molar-refractivity contribution in [3.05, 3.63) is 40.7 Å². The van der Waals surface area contributed by atoms with E-state index in [4.69, 9.17) is 0 Å². The van der Waals surface area contributed by atoms with Crippen LogP contribution in [-0.2, 0) is 10.0 Å². The van der Waals surface area contributed by atoms with Gasteiger partial charge in [-0.05, 0) is 30.7 Å². The molecule has 0 atom stereocenters. The standard InChI is InChI=1S/C17H24N6O4S/c1-4-11-18-16-15(23(24)25)17(20-12-19-16)21-13-7-9-14(10-8-13)28(26,27)22(5-2)6-3/h7-10,12H,4-6,11H2,1-3H3,(H2,18,19,20,21). The summed E-state index contributed by atoms with van der Waals surface area (Å²) >= 11 is 0. The predicted octanol–water partition coefficient (Wildman–Crippen LogP) is 2.98. The zero-order valence-corrected chi connectivity index (χ0v) is 16.9. The lowest BCUT2D eigenvalue weighted by atomic mass is 10.3. The first-order valence-electron chi connectivity index (χ1n) is 8.95. The number of nitrogens with one attached hydrogen (secondary N) is 2. The van der Waals surface area contributed by atoms with Gasteiger partial charge in [-0.1, -0.05) is 20.8 Å². The van der Waals surface area contributed by atoms with E-state index in [0.717, 1.165) is 6.42 Å². The Morgan fingerprint density at radius 3 is 2.21 bits per heavy atom. The van der Waals surface area contributed by atoms with Gasteiger partial charge < -0.3 is 10.6 Å². The molecule has 0 bridgehead atoms. The molecule has 2 rings (SSSR count). The fourth-order valence-electron chi connectivity index (χ4n) is 2.58. The normalized spacial score (nSPS) is 11.4. The molecular weight excluding hydrogens is 384 g/mol. The van der Waals surface area contributed by atoms with Gasteiger partial charge in [-0.2, -0.15) is 4.31 Å². The average molecular weight is 408 g/mol. The molecule has 0 unspecified atom stereocenters. The van der Waals surface area contributed by atoms with Gasteiger partial charge in [0.25, 0.3) is 0 Å². The van der Waals surface area contributed by atoms with Gasteiger partial charge in [0.05, 0.1) is 9.82 Å². The number of nitrogens with zero attached hydrogens (tertiary/aromatic N) is 4. The molecule has 1 heterocycles. The SMILES string of the molecule is CCCNc1ncnc(Nc2ccc(S(=O)(=O)N(CC)CC)cc2)c1[N+](=O)[O-]. The minimum atomic E-state index is -3.57. The summed E-state index contributed by atoms with van der Waals surface area (Å²) < 4.78 is 26.4. The summed E-state index contributed by atoms with van der Waals surface area (Å²) in [6.07, 6.45) is 2.01. The second kappa shape index (κ2) is 9.42. The largest absolute Gasteiger partial charge is 0.364 e. The predicted molar refractivity (Wildman–Crippen MR) is 107 cm³/mol. The Morgan fingerprint density at radius 1 is 1.07 bits per heavy atom. The number of hydrogen-bond donors (Lipinski definition) is 2. The van der Waals surface area contributed by atoms with E-state index < -0.39 is 14.9 Å². The number of benzene rings is 1. The van der Waals surface area contributed by atoms with E-state index in [0.29, 0.717) is 25.3 Å². The van der Waals surface area contributed by atoms with Crippen LogP contribution in [0.2, 0.25) is 0 Å². The molecule has 0 saturated heterocycles. The molecule has 0 aliphatic heterocycles. The van der Waals surface area contributed by atoms with Crippen molar-refractivity contribution in [1.82, 2.24) is 14.3 Å². The molecule has 0 aliphatic carbocycles. The van der Waals surface area contributed by atoms with Crippen LogP contribution in [0.25, 0.3) is 0 Å². The molecule has 0 saturated carbocycles. The van der Waals surface area contributed by atoms with E-state index in [2.05, 4.69) is 20.6 Å². The first kappa shape index (κ1) is 21.5. The molecule has 11 heteroatoms. The molecule has 0 spiro atoms. The van der Waals surface area contributed by atoms with Gasteiger partial charge in [0.2, 0.25) is 21.7 Å². The Bertz CT molecular complexity index is 914. The minimum Gasteiger partial charge on any atom is -0.364 e. The summed E-state index contributed by atoms with van der Waals surface area (Å²) in [7, 11) is -3.57. The van der Waals surface area contributed by atoms with Crippen molar-refractivity contribution in [3.63, 3.8) is 0 Å². The fraction of sp³-hybridized carbons (Fsp3) is 0.412. The van der Waals surface area contributed by atoms with E-state index in [-0.39, 0.29) is 22.2 Å². The van der Waals surface area contributed by atoms with Gasteiger partial charge in [0, 0.05) is 25.3 Å². The van der Waals surface area contributed by atoms with Crippen molar-refractivity contribution in [2.75, 3.05) is 30.3 Å². The number of sulfonamides is 1. The summed E-state index contributed by atoms with van der Waals surface area (Å²) in [6, 6.07) is 6.00. The van der Waals surface area contributed by atoms with Crippen LogP contribution in [0.4, 0.5) is 23.0 Å². The zero-order valence-electron chi connectivity index (χ0n) is 16.0. The van der Waals surface area contributed by atoms with E-state index in [1.165, 1.54) is 22.8 Å². The van der Waals surface area contributed by atoms with Gasteiger partial charge in [-0.15, -0.1) is 0 Å². The maximum atomic E-state index is 12.5. The molecule has 2 aromatic rings. The van der Waals surface area contributed by atoms with Crippen LogP contribution in [0.5, 0.6) is 0 Å². The number of nitro groups is 1. The van der Waals surface area contributed by atoms with Gasteiger partial charge >= 0.3 is 5.69 Å². The molecule has 0 radical (unpaired) electrons. The van der Waals surface area contributed by atoms with Crippen molar-refractivity contribution in [1.29, 1.82) is 0 Å². The van der Waals surface area contributed by atoms with E-state index >= 15 is 0 Å². The Labute approximate surface area is 164 Å². The summed E-state index contributed by atoms with van der Waals surface area (Å²) in [6.45, 7) is 6.77. The molecule has 1 aromatic heterocycles. The first-order valence-corrected chi connectivity index (χ1v) is 10.4. The zero-order chi connectivity index (χ0) is 20.7. The number of aromatic nitrogens is 2. The van der Waals surface area contributed by atoms with Crippen molar-refractivity contribution >= 4 is 33.0 Å². The summed E-state index contributed by atoms with van der Waals surface area (Å²) in [4.78, 5) is 19.0. The van der Waals surface area contributed by atoms with E-state index in [1.54, 1.807) is 26.0 Å². The average Bonchev–Trinajstić information content (AvgIpc) is 2.67. The van der Waals surface area contributed by atoms with Gasteiger partial charge in [-0.3, -0.25) is 10.1 Å². The lowest BCUT2D eigenvalue weighted by molar-refractivity contribution is -0.383. The molecular formula is C17H24N6O4S. The summed E-state index contributed by atoms with van der Waals surface area (Å²) in [5, 5.41) is 17.3. The Morgan fingerprint density at radius 2 is 1.68 bits per heavy atom. The quantitative estimate of drug-likeness (QED) is 0.453. The Balaban J connectivity index is 2.31. The van der Waals surface area contributed by atoms with Crippen LogP contribution in [0.15, 0.2) is 35.5 Å². The van der Waals surface area contributed by atoms with Crippen molar-refractivity contribution < 1.29 is 13.3 Å². The van der Waals surface area contributed by atoms with Crippen LogP contribution in [0, 0.1) is 10.1 Å². The lowest BCUT2D eigenvalue weighted by Crippen LogP contribution is -2.30. The lowest BCUT2D eigenvalue weighted by Gasteiger charge is -2.18. The highest BCUT2D eigenvalue weighted by atomic mass is 32.2. The molecule has 152 valence electrons. The number of anilines is 3. The van der Waals surface area contributed by atoms with Gasteiger partial charge in [0.1, 0.15) is 6.33 Å².